The molecule has 2 aromatic carbocycles. The Morgan fingerprint density at radius 1 is 0.857 bits per heavy atom. The number of carboxylic acids is 2. The standard InChI is InChI=1S/C20H20Cl2O6/c21-15-4-1-11(9-17(15)23)7-13(3-6-19(25)26)14(20(27)28)8-12-2-5-16(22)18(24)10-12/h1-2,4-5,9-10,13-14,23-24H,3,6-8H2,(H,25,26)(H,27,28)/t13-,14-/m1/s1. The largest absolute Gasteiger partial charge is 0.506 e. The highest BCUT2D eigenvalue weighted by atomic mass is 35.5. The van der Waals surface area contributed by atoms with Gasteiger partial charge in [0.2, 0.25) is 0 Å². The van der Waals surface area contributed by atoms with Gasteiger partial charge in [0.1, 0.15) is 11.5 Å². The second kappa shape index (κ2) is 9.66. The SMILES string of the molecule is O=C(O)CC[C@H](Cc1ccc(Cl)c(O)c1)[C@@H](Cc1ccc(Cl)c(O)c1)C(=O)O. The minimum atomic E-state index is -1.07. The van der Waals surface area contributed by atoms with Crippen LogP contribution in [0.1, 0.15) is 24.0 Å². The normalized spacial score (nSPS) is 13.1. The summed E-state index contributed by atoms with van der Waals surface area (Å²) in [6, 6.07) is 9.13. The van der Waals surface area contributed by atoms with E-state index in [2.05, 4.69) is 0 Å². The quantitative estimate of drug-likeness (QED) is 0.473. The second-order valence-corrected chi connectivity index (χ2v) is 7.43. The van der Waals surface area contributed by atoms with Crippen LogP contribution in [0.25, 0.3) is 0 Å². The summed E-state index contributed by atoms with van der Waals surface area (Å²) < 4.78 is 0. The fourth-order valence-electron chi connectivity index (χ4n) is 3.14. The molecule has 4 N–H and O–H groups in total. The zero-order valence-corrected chi connectivity index (χ0v) is 16.3. The van der Waals surface area contributed by atoms with Gasteiger partial charge in [-0.15, -0.1) is 0 Å². The molecule has 0 spiro atoms. The van der Waals surface area contributed by atoms with Crippen LogP contribution in [0.4, 0.5) is 0 Å². The summed E-state index contributed by atoms with van der Waals surface area (Å²) in [6.45, 7) is 0. The average Bonchev–Trinajstić information content (AvgIpc) is 2.62. The van der Waals surface area contributed by atoms with Crippen molar-refractivity contribution in [3.8, 4) is 11.5 Å². The zero-order chi connectivity index (χ0) is 20.8. The van der Waals surface area contributed by atoms with E-state index in [4.69, 9.17) is 28.3 Å². The van der Waals surface area contributed by atoms with Crippen molar-refractivity contribution in [2.45, 2.75) is 25.7 Å². The number of hydrogen-bond acceptors (Lipinski definition) is 4. The molecule has 2 atom stereocenters. The Bertz CT molecular complexity index is 868. The van der Waals surface area contributed by atoms with Crippen LogP contribution in [0.5, 0.6) is 11.5 Å². The number of aliphatic carboxylic acids is 2. The van der Waals surface area contributed by atoms with Gasteiger partial charge in [0.15, 0.2) is 0 Å². The van der Waals surface area contributed by atoms with E-state index in [0.29, 0.717) is 11.1 Å². The molecule has 28 heavy (non-hydrogen) atoms. The number of rotatable bonds is 9. The number of phenolic OH excluding ortho intramolecular Hbond substituents is 2. The first kappa shape index (κ1) is 21.9. The zero-order valence-electron chi connectivity index (χ0n) is 14.8. The van der Waals surface area contributed by atoms with E-state index in [1.165, 1.54) is 24.3 Å². The molecule has 0 radical (unpaired) electrons. The number of benzene rings is 2. The molecule has 150 valence electrons. The highest BCUT2D eigenvalue weighted by Gasteiger charge is 2.29. The summed E-state index contributed by atoms with van der Waals surface area (Å²) >= 11 is 11.6. The third-order valence-electron chi connectivity index (χ3n) is 4.59. The number of hydrogen-bond donors (Lipinski definition) is 4. The second-order valence-electron chi connectivity index (χ2n) is 6.62. The van der Waals surface area contributed by atoms with E-state index in [-0.39, 0.29) is 47.2 Å². The molecule has 0 aliphatic rings. The maximum atomic E-state index is 11.9. The van der Waals surface area contributed by atoms with Crippen LogP contribution in [0.2, 0.25) is 10.0 Å². The minimum absolute atomic E-state index is 0.101. The lowest BCUT2D eigenvalue weighted by Gasteiger charge is -2.24. The van der Waals surface area contributed by atoms with E-state index in [0.717, 1.165) is 0 Å². The van der Waals surface area contributed by atoms with Crippen molar-refractivity contribution in [3.63, 3.8) is 0 Å². The van der Waals surface area contributed by atoms with Gasteiger partial charge >= 0.3 is 11.9 Å². The summed E-state index contributed by atoms with van der Waals surface area (Å²) in [7, 11) is 0. The Morgan fingerprint density at radius 2 is 1.36 bits per heavy atom. The smallest absolute Gasteiger partial charge is 0.307 e. The first-order valence-electron chi connectivity index (χ1n) is 8.56. The van der Waals surface area contributed by atoms with Gasteiger partial charge < -0.3 is 20.4 Å². The third-order valence-corrected chi connectivity index (χ3v) is 5.23. The van der Waals surface area contributed by atoms with Crippen LogP contribution in [0.3, 0.4) is 0 Å². The number of carboxylic acid groups (broad SMARTS) is 2. The summed E-state index contributed by atoms with van der Waals surface area (Å²) in [5.74, 6) is -3.75. The van der Waals surface area contributed by atoms with Crippen LogP contribution in [-0.4, -0.2) is 32.4 Å². The predicted octanol–water partition coefficient (Wildman–Crippen LogP) is 4.37. The molecule has 0 amide bonds. The van der Waals surface area contributed by atoms with Crippen molar-refractivity contribution < 1.29 is 30.0 Å². The molecule has 2 rings (SSSR count). The van der Waals surface area contributed by atoms with Gasteiger partial charge in [-0.1, -0.05) is 35.3 Å². The van der Waals surface area contributed by atoms with Crippen molar-refractivity contribution in [1.29, 1.82) is 0 Å². The Labute approximate surface area is 172 Å². The summed E-state index contributed by atoms with van der Waals surface area (Å²) in [5.41, 5.74) is 1.23. The maximum absolute atomic E-state index is 11.9. The molecule has 0 unspecified atom stereocenters. The Balaban J connectivity index is 2.29. The van der Waals surface area contributed by atoms with Crippen LogP contribution in [-0.2, 0) is 22.4 Å². The maximum Gasteiger partial charge on any atom is 0.307 e. The highest BCUT2D eigenvalue weighted by molar-refractivity contribution is 6.32. The van der Waals surface area contributed by atoms with E-state index >= 15 is 0 Å². The van der Waals surface area contributed by atoms with Crippen molar-refractivity contribution >= 4 is 35.1 Å². The van der Waals surface area contributed by atoms with E-state index in [1.54, 1.807) is 12.1 Å². The summed E-state index contributed by atoms with van der Waals surface area (Å²) in [4.78, 5) is 23.0. The van der Waals surface area contributed by atoms with Crippen LogP contribution in [0.15, 0.2) is 36.4 Å². The minimum Gasteiger partial charge on any atom is -0.506 e. The Morgan fingerprint density at radius 3 is 1.79 bits per heavy atom. The first-order valence-corrected chi connectivity index (χ1v) is 9.32. The molecule has 0 bridgehead atoms. The lowest BCUT2D eigenvalue weighted by Crippen LogP contribution is -2.28. The molecule has 0 fully saturated rings. The molecule has 0 aromatic heterocycles. The van der Waals surface area contributed by atoms with Crippen molar-refractivity contribution in [2.24, 2.45) is 11.8 Å². The predicted molar refractivity (Wildman–Crippen MR) is 105 cm³/mol. The average molecular weight is 427 g/mol. The molecule has 6 nitrogen and oxygen atoms in total. The molecular weight excluding hydrogens is 407 g/mol. The molecule has 0 aliphatic carbocycles. The lowest BCUT2D eigenvalue weighted by molar-refractivity contribution is -0.145. The van der Waals surface area contributed by atoms with Gasteiger partial charge in [0.25, 0.3) is 0 Å². The first-order chi connectivity index (χ1) is 13.2. The molecular formula is C20H20Cl2O6. The van der Waals surface area contributed by atoms with Crippen LogP contribution >= 0.6 is 23.2 Å². The van der Waals surface area contributed by atoms with Crippen molar-refractivity contribution in [3.05, 3.63) is 57.6 Å². The summed E-state index contributed by atoms with van der Waals surface area (Å²) in [6.07, 6.45) is 0.327. The van der Waals surface area contributed by atoms with Crippen LogP contribution < -0.4 is 0 Å². The lowest BCUT2D eigenvalue weighted by atomic mass is 9.80. The molecule has 0 saturated heterocycles. The number of aromatic hydroxyl groups is 2. The number of carbonyl (C=O) groups is 2. The fraction of sp³-hybridized carbons (Fsp3) is 0.300. The van der Waals surface area contributed by atoms with Crippen molar-refractivity contribution in [1.82, 2.24) is 0 Å². The molecule has 2 aromatic rings. The van der Waals surface area contributed by atoms with Gasteiger partial charge in [0.05, 0.1) is 16.0 Å². The van der Waals surface area contributed by atoms with Gasteiger partial charge in [-0.25, -0.2) is 0 Å². The van der Waals surface area contributed by atoms with E-state index < -0.39 is 23.8 Å². The van der Waals surface area contributed by atoms with Gasteiger partial charge in [0, 0.05) is 6.42 Å². The van der Waals surface area contributed by atoms with E-state index in [1.807, 2.05) is 0 Å². The van der Waals surface area contributed by atoms with E-state index in [9.17, 15) is 24.9 Å². The Hall–Kier alpha value is -2.44. The molecule has 0 heterocycles. The summed E-state index contributed by atoms with van der Waals surface area (Å²) in [5, 5.41) is 38.7. The highest BCUT2D eigenvalue weighted by Crippen LogP contribution is 2.31. The van der Waals surface area contributed by atoms with Crippen molar-refractivity contribution in [2.75, 3.05) is 0 Å². The Kier molecular flexibility index (Phi) is 7.54. The fourth-order valence-corrected chi connectivity index (χ4v) is 3.37. The number of halogens is 2. The van der Waals surface area contributed by atoms with Gasteiger partial charge in [-0.3, -0.25) is 9.59 Å². The van der Waals surface area contributed by atoms with Gasteiger partial charge in [-0.05, 0) is 60.6 Å². The molecule has 0 saturated carbocycles. The van der Waals surface area contributed by atoms with Gasteiger partial charge in [-0.2, -0.15) is 0 Å². The number of phenols is 2. The monoisotopic (exact) mass is 426 g/mol. The molecule has 0 aliphatic heterocycles. The van der Waals surface area contributed by atoms with Crippen LogP contribution in [0, 0.1) is 11.8 Å². The molecule has 8 heteroatoms. The third kappa shape index (κ3) is 6.04. The topological polar surface area (TPSA) is 115 Å².